The minimum atomic E-state index is -0.130. The van der Waals surface area contributed by atoms with Gasteiger partial charge in [-0.2, -0.15) is 0 Å². The molecule has 2 N–H and O–H groups in total. The summed E-state index contributed by atoms with van der Waals surface area (Å²) < 4.78 is 0. The molecule has 6 heteroatoms. The summed E-state index contributed by atoms with van der Waals surface area (Å²) in [4.78, 5) is 17.6. The zero-order valence-corrected chi connectivity index (χ0v) is 14.0. The highest BCUT2D eigenvalue weighted by atomic mass is 32.1. The Morgan fingerprint density at radius 2 is 2.00 bits per heavy atom. The minimum Gasteiger partial charge on any atom is -0.508 e. The van der Waals surface area contributed by atoms with Gasteiger partial charge in [-0.15, -0.1) is 22.7 Å². The average molecular weight is 344 g/mol. The third-order valence-corrected chi connectivity index (χ3v) is 5.21. The van der Waals surface area contributed by atoms with Gasteiger partial charge in [-0.25, -0.2) is 4.98 Å². The van der Waals surface area contributed by atoms with Crippen LogP contribution >= 0.6 is 22.7 Å². The van der Waals surface area contributed by atoms with Crippen LogP contribution < -0.4 is 5.32 Å². The van der Waals surface area contributed by atoms with Crippen LogP contribution in [0, 0.1) is 0 Å². The molecule has 0 unspecified atom stereocenters. The van der Waals surface area contributed by atoms with Crippen molar-refractivity contribution in [2.45, 2.75) is 12.8 Å². The zero-order chi connectivity index (χ0) is 16.1. The molecule has 0 aliphatic carbocycles. The molecule has 0 aliphatic rings. The Kier molecular flexibility index (Phi) is 5.05. The van der Waals surface area contributed by atoms with E-state index in [1.54, 1.807) is 28.8 Å². The highest BCUT2D eigenvalue weighted by Crippen LogP contribution is 2.27. The van der Waals surface area contributed by atoms with Crippen molar-refractivity contribution in [1.29, 1.82) is 0 Å². The molecule has 0 saturated heterocycles. The molecule has 3 rings (SSSR count). The fourth-order valence-electron chi connectivity index (χ4n) is 2.14. The number of hydrogen-bond acceptors (Lipinski definition) is 5. The van der Waals surface area contributed by atoms with Crippen LogP contribution in [-0.4, -0.2) is 22.5 Å². The highest BCUT2D eigenvalue weighted by molar-refractivity contribution is 7.20. The number of aromatic nitrogens is 1. The largest absolute Gasteiger partial charge is 0.508 e. The molecule has 0 fully saturated rings. The van der Waals surface area contributed by atoms with Crippen molar-refractivity contribution in [2.75, 3.05) is 6.54 Å². The molecular weight excluding hydrogens is 328 g/mol. The maximum atomic E-state index is 12.1. The maximum absolute atomic E-state index is 12.1. The number of phenols is 1. The first-order valence-corrected chi connectivity index (χ1v) is 9.04. The van der Waals surface area contributed by atoms with Crippen LogP contribution in [0.2, 0.25) is 0 Å². The van der Waals surface area contributed by atoms with Crippen LogP contribution in [0.25, 0.3) is 9.88 Å². The summed E-state index contributed by atoms with van der Waals surface area (Å²) in [6, 6.07) is 11.1. The molecule has 0 aliphatic heterocycles. The molecule has 0 saturated carbocycles. The van der Waals surface area contributed by atoms with E-state index >= 15 is 0 Å². The molecule has 1 amide bonds. The van der Waals surface area contributed by atoms with Crippen molar-refractivity contribution in [2.24, 2.45) is 0 Å². The van der Waals surface area contributed by atoms with Gasteiger partial charge in [0.15, 0.2) is 0 Å². The smallest absolute Gasteiger partial charge is 0.270 e. The van der Waals surface area contributed by atoms with Gasteiger partial charge in [0.2, 0.25) is 0 Å². The number of nitrogens with one attached hydrogen (secondary N) is 1. The first kappa shape index (κ1) is 15.7. The van der Waals surface area contributed by atoms with E-state index in [2.05, 4.69) is 10.3 Å². The van der Waals surface area contributed by atoms with Crippen LogP contribution in [-0.2, 0) is 6.42 Å². The van der Waals surface area contributed by atoms with Crippen LogP contribution in [0.1, 0.15) is 22.5 Å². The number of benzene rings is 1. The lowest BCUT2D eigenvalue weighted by molar-refractivity contribution is 0.0949. The van der Waals surface area contributed by atoms with Gasteiger partial charge in [-0.3, -0.25) is 4.79 Å². The second-order valence-electron chi connectivity index (χ2n) is 5.04. The second-order valence-corrected chi connectivity index (χ2v) is 6.85. The van der Waals surface area contributed by atoms with Crippen molar-refractivity contribution in [1.82, 2.24) is 10.3 Å². The number of rotatable bonds is 6. The molecule has 4 nitrogen and oxygen atoms in total. The van der Waals surface area contributed by atoms with Gasteiger partial charge in [-0.1, -0.05) is 18.2 Å². The van der Waals surface area contributed by atoms with Gasteiger partial charge in [0.25, 0.3) is 5.91 Å². The van der Waals surface area contributed by atoms with Crippen LogP contribution in [0.15, 0.2) is 47.2 Å². The summed E-state index contributed by atoms with van der Waals surface area (Å²) in [6.45, 7) is 0.603. The number of carbonyl (C=O) groups is 1. The van der Waals surface area contributed by atoms with Gasteiger partial charge in [-0.05, 0) is 42.0 Å². The van der Waals surface area contributed by atoms with Crippen molar-refractivity contribution >= 4 is 28.6 Å². The Hall–Kier alpha value is -2.18. The van der Waals surface area contributed by atoms with E-state index in [1.807, 2.05) is 29.6 Å². The summed E-state index contributed by atoms with van der Waals surface area (Å²) in [7, 11) is 0. The van der Waals surface area contributed by atoms with E-state index in [4.69, 9.17) is 0 Å². The summed E-state index contributed by atoms with van der Waals surface area (Å²) >= 11 is 3.11. The van der Waals surface area contributed by atoms with E-state index in [0.717, 1.165) is 28.3 Å². The molecule has 2 heterocycles. The summed E-state index contributed by atoms with van der Waals surface area (Å²) in [5.41, 5.74) is 1.62. The van der Waals surface area contributed by atoms with Gasteiger partial charge >= 0.3 is 0 Å². The lowest BCUT2D eigenvalue weighted by Gasteiger charge is -2.04. The fraction of sp³-hybridized carbons (Fsp3) is 0.176. The standard InChI is InChI=1S/C17H16N2O2S2/c20-13-7-5-12(6-8-13)3-1-9-18-16(21)14-11-23-17(19-14)15-4-2-10-22-15/h2,4-8,10-11,20H,1,3,9H2,(H,18,21). The molecule has 3 aromatic rings. The summed E-state index contributed by atoms with van der Waals surface area (Å²) in [5.74, 6) is 0.141. The lowest BCUT2D eigenvalue weighted by Crippen LogP contribution is -2.25. The average Bonchev–Trinajstić information content (AvgIpc) is 3.23. The number of thiophene rings is 1. The Labute approximate surface area is 142 Å². The third kappa shape index (κ3) is 4.18. The van der Waals surface area contributed by atoms with E-state index in [1.165, 1.54) is 11.3 Å². The Morgan fingerprint density at radius 1 is 1.17 bits per heavy atom. The number of hydrogen-bond donors (Lipinski definition) is 2. The minimum absolute atomic E-state index is 0.130. The number of phenolic OH excluding ortho intramolecular Hbond substituents is 1. The van der Waals surface area contributed by atoms with Gasteiger partial charge in [0.05, 0.1) is 4.88 Å². The number of amides is 1. The predicted molar refractivity (Wildman–Crippen MR) is 94.2 cm³/mol. The van der Waals surface area contributed by atoms with Gasteiger partial charge < -0.3 is 10.4 Å². The Balaban J connectivity index is 1.47. The summed E-state index contributed by atoms with van der Waals surface area (Å²) in [5, 5.41) is 16.8. The second kappa shape index (κ2) is 7.39. The highest BCUT2D eigenvalue weighted by Gasteiger charge is 2.11. The number of nitrogens with zero attached hydrogens (tertiary/aromatic N) is 1. The van der Waals surface area contributed by atoms with Gasteiger partial charge in [0, 0.05) is 11.9 Å². The van der Waals surface area contributed by atoms with E-state index in [0.29, 0.717) is 12.2 Å². The van der Waals surface area contributed by atoms with E-state index in [9.17, 15) is 9.90 Å². The molecular formula is C17H16N2O2S2. The molecule has 0 spiro atoms. The number of thiazole rings is 1. The van der Waals surface area contributed by atoms with Crippen LogP contribution in [0.4, 0.5) is 0 Å². The molecule has 2 aromatic heterocycles. The topological polar surface area (TPSA) is 62.2 Å². The van der Waals surface area contributed by atoms with Crippen molar-refractivity contribution in [3.05, 3.63) is 58.4 Å². The summed E-state index contributed by atoms with van der Waals surface area (Å²) in [6.07, 6.45) is 1.70. The first-order chi connectivity index (χ1) is 11.2. The van der Waals surface area contributed by atoms with Crippen molar-refractivity contribution in [3.8, 4) is 15.6 Å². The molecule has 0 bridgehead atoms. The number of aryl methyl sites for hydroxylation is 1. The fourth-order valence-corrected chi connectivity index (χ4v) is 3.75. The Bertz CT molecular complexity index is 764. The molecule has 0 radical (unpaired) electrons. The lowest BCUT2D eigenvalue weighted by atomic mass is 10.1. The molecule has 23 heavy (non-hydrogen) atoms. The normalized spacial score (nSPS) is 10.6. The molecule has 118 valence electrons. The van der Waals surface area contributed by atoms with Crippen LogP contribution in [0.3, 0.4) is 0 Å². The maximum Gasteiger partial charge on any atom is 0.270 e. The zero-order valence-electron chi connectivity index (χ0n) is 12.4. The van der Waals surface area contributed by atoms with Crippen molar-refractivity contribution in [3.63, 3.8) is 0 Å². The molecule has 0 atom stereocenters. The monoisotopic (exact) mass is 344 g/mol. The number of aromatic hydroxyl groups is 1. The van der Waals surface area contributed by atoms with E-state index in [-0.39, 0.29) is 11.7 Å². The van der Waals surface area contributed by atoms with Crippen LogP contribution in [0.5, 0.6) is 5.75 Å². The van der Waals surface area contributed by atoms with Gasteiger partial charge in [0.1, 0.15) is 16.5 Å². The van der Waals surface area contributed by atoms with Crippen molar-refractivity contribution < 1.29 is 9.90 Å². The predicted octanol–water partition coefficient (Wildman–Crippen LogP) is 3.94. The van der Waals surface area contributed by atoms with E-state index < -0.39 is 0 Å². The third-order valence-electron chi connectivity index (χ3n) is 3.33. The SMILES string of the molecule is O=C(NCCCc1ccc(O)cc1)c1csc(-c2cccs2)n1. The Morgan fingerprint density at radius 3 is 2.74 bits per heavy atom. The number of carbonyl (C=O) groups excluding carboxylic acids is 1. The quantitative estimate of drug-likeness (QED) is 0.666. The first-order valence-electron chi connectivity index (χ1n) is 7.28. The molecule has 1 aromatic carbocycles.